The first-order valence-electron chi connectivity index (χ1n) is 8.36. The van der Waals surface area contributed by atoms with Gasteiger partial charge in [-0.25, -0.2) is 4.98 Å². The number of pyridine rings is 1. The van der Waals surface area contributed by atoms with E-state index in [9.17, 15) is 0 Å². The van der Waals surface area contributed by atoms with Gasteiger partial charge in [0, 0.05) is 0 Å². The van der Waals surface area contributed by atoms with Gasteiger partial charge in [-0.3, -0.25) is 0 Å². The van der Waals surface area contributed by atoms with E-state index in [1.54, 1.807) is 0 Å². The average molecular weight is 412 g/mol. The number of nitrogens with zero attached hydrogens (tertiary/aromatic N) is 1. The van der Waals surface area contributed by atoms with Crippen LogP contribution in [0, 0.1) is 0 Å². The number of benzene rings is 2. The first-order chi connectivity index (χ1) is 11.9. The minimum atomic E-state index is -1.91. The van der Waals surface area contributed by atoms with Gasteiger partial charge < -0.3 is 4.43 Å². The average Bonchev–Trinajstić information content (AvgIpc) is 2.60. The second-order valence-corrected chi connectivity index (χ2v) is 12.2. The highest BCUT2D eigenvalue weighted by atomic mass is 79.9. The van der Waals surface area contributed by atoms with E-state index >= 15 is 0 Å². The summed E-state index contributed by atoms with van der Waals surface area (Å²) in [5.41, 5.74) is 2.35. The second kappa shape index (κ2) is 7.24. The molecule has 0 aliphatic heterocycles. The summed E-state index contributed by atoms with van der Waals surface area (Å²) in [4.78, 5) is 4.80. The number of halogens is 1. The van der Waals surface area contributed by atoms with Crippen LogP contribution >= 0.6 is 15.9 Å². The maximum atomic E-state index is 6.89. The van der Waals surface area contributed by atoms with E-state index in [-0.39, 0.29) is 0 Å². The zero-order valence-corrected chi connectivity index (χ0v) is 17.3. The lowest BCUT2D eigenvalue weighted by Gasteiger charge is -2.40. The minimum absolute atomic E-state index is 0.725. The third kappa shape index (κ3) is 3.92. The predicted octanol–water partition coefficient (Wildman–Crippen LogP) is 5.99. The molecule has 25 heavy (non-hydrogen) atoms. The normalized spacial score (nSPS) is 12.2. The highest BCUT2D eigenvalue weighted by Crippen LogP contribution is 2.41. The van der Waals surface area contributed by atoms with Gasteiger partial charge in [0.1, 0.15) is 4.60 Å². The zero-order chi connectivity index (χ0) is 17.9. The number of rotatable bonds is 5. The topological polar surface area (TPSA) is 22.1 Å². The Morgan fingerprint density at radius 2 is 1.28 bits per heavy atom. The van der Waals surface area contributed by atoms with Crippen LogP contribution in [-0.2, 0) is 10.0 Å². The Hall–Kier alpha value is -1.75. The van der Waals surface area contributed by atoms with Crippen molar-refractivity contribution in [3.05, 3.63) is 100 Å². The minimum Gasteiger partial charge on any atom is -0.399 e. The molecule has 4 heteroatoms. The highest BCUT2D eigenvalue weighted by Gasteiger charge is 2.42. The van der Waals surface area contributed by atoms with Gasteiger partial charge in [-0.05, 0) is 58.8 Å². The van der Waals surface area contributed by atoms with Crippen molar-refractivity contribution in [3.8, 4) is 0 Å². The van der Waals surface area contributed by atoms with Gasteiger partial charge in [0.2, 0.25) is 0 Å². The molecule has 0 radical (unpaired) electrons. The van der Waals surface area contributed by atoms with E-state index in [0.29, 0.717) is 0 Å². The van der Waals surface area contributed by atoms with Crippen molar-refractivity contribution >= 4 is 24.2 Å². The lowest BCUT2D eigenvalue weighted by atomic mass is 9.83. The number of hydrogen-bond acceptors (Lipinski definition) is 2. The molecule has 0 spiro atoms. The maximum Gasteiger partial charge on any atom is 0.185 e. The van der Waals surface area contributed by atoms with E-state index in [1.807, 2.05) is 30.3 Å². The van der Waals surface area contributed by atoms with Crippen LogP contribution in [0.4, 0.5) is 0 Å². The van der Waals surface area contributed by atoms with Crippen LogP contribution in [0.2, 0.25) is 19.6 Å². The molecule has 0 atom stereocenters. The van der Waals surface area contributed by atoms with Crippen LogP contribution in [0.25, 0.3) is 0 Å². The molecular formula is C21H22BrNOSi. The van der Waals surface area contributed by atoms with E-state index in [0.717, 1.165) is 21.4 Å². The SMILES string of the molecule is C[Si](C)(C)OC(c1ccccc1)(c1ccccc1)c1cccc(Br)n1. The van der Waals surface area contributed by atoms with Gasteiger partial charge in [0.25, 0.3) is 0 Å². The molecular weight excluding hydrogens is 390 g/mol. The van der Waals surface area contributed by atoms with Gasteiger partial charge in [-0.15, -0.1) is 0 Å². The molecule has 128 valence electrons. The van der Waals surface area contributed by atoms with Crippen molar-refractivity contribution in [2.75, 3.05) is 0 Å². The van der Waals surface area contributed by atoms with Crippen LogP contribution in [0.5, 0.6) is 0 Å². The Bertz CT molecular complexity index is 792. The molecule has 2 aromatic carbocycles. The van der Waals surface area contributed by atoms with Crippen LogP contribution < -0.4 is 0 Å². The van der Waals surface area contributed by atoms with Crippen molar-refractivity contribution in [3.63, 3.8) is 0 Å². The van der Waals surface area contributed by atoms with Crippen molar-refractivity contribution in [2.45, 2.75) is 25.2 Å². The van der Waals surface area contributed by atoms with E-state index in [2.05, 4.69) is 84.1 Å². The summed E-state index contributed by atoms with van der Waals surface area (Å²) >= 11 is 3.52. The lowest BCUT2D eigenvalue weighted by molar-refractivity contribution is 0.141. The maximum absolute atomic E-state index is 6.89. The molecule has 3 aromatic rings. The van der Waals surface area contributed by atoms with Crippen LogP contribution in [0.15, 0.2) is 83.5 Å². The first-order valence-corrected chi connectivity index (χ1v) is 12.6. The first kappa shape index (κ1) is 18.1. The molecule has 0 unspecified atom stereocenters. The van der Waals surface area contributed by atoms with E-state index in [1.165, 1.54) is 0 Å². The van der Waals surface area contributed by atoms with Crippen LogP contribution in [0.3, 0.4) is 0 Å². The summed E-state index contributed by atoms with van der Waals surface area (Å²) in [7, 11) is -1.91. The Balaban J connectivity index is 2.35. The predicted molar refractivity (Wildman–Crippen MR) is 109 cm³/mol. The fourth-order valence-electron chi connectivity index (χ4n) is 3.04. The summed E-state index contributed by atoms with van der Waals surface area (Å²) in [6, 6.07) is 26.8. The molecule has 0 bridgehead atoms. The third-order valence-electron chi connectivity index (χ3n) is 3.90. The number of hydrogen-bond donors (Lipinski definition) is 0. The molecule has 1 heterocycles. The summed E-state index contributed by atoms with van der Waals surface area (Å²) in [5, 5.41) is 0. The zero-order valence-electron chi connectivity index (χ0n) is 14.7. The second-order valence-electron chi connectivity index (χ2n) is 6.97. The Labute approximate surface area is 159 Å². The third-order valence-corrected chi connectivity index (χ3v) is 5.26. The standard InChI is InChI=1S/C21H22BrNOSi/c1-25(2,3)24-21(17-11-6-4-7-12-17,18-13-8-5-9-14-18)19-15-10-16-20(22)23-19/h4-16H,1-3H3. The highest BCUT2D eigenvalue weighted by molar-refractivity contribution is 9.10. The van der Waals surface area contributed by atoms with Gasteiger partial charge in [-0.2, -0.15) is 0 Å². The fourth-order valence-corrected chi connectivity index (χ4v) is 4.64. The van der Waals surface area contributed by atoms with Gasteiger partial charge in [0.15, 0.2) is 13.9 Å². The monoisotopic (exact) mass is 411 g/mol. The molecule has 0 aliphatic carbocycles. The molecule has 0 fully saturated rings. The summed E-state index contributed by atoms with van der Waals surface area (Å²) in [6.45, 7) is 6.64. The van der Waals surface area contributed by atoms with E-state index < -0.39 is 13.9 Å². The van der Waals surface area contributed by atoms with Gasteiger partial charge in [-0.1, -0.05) is 66.7 Å². The fraction of sp³-hybridized carbons (Fsp3) is 0.190. The van der Waals surface area contributed by atoms with Crippen LogP contribution in [0.1, 0.15) is 16.8 Å². The molecule has 0 saturated heterocycles. The quantitative estimate of drug-likeness (QED) is 0.380. The van der Waals surface area contributed by atoms with Crippen LogP contribution in [-0.4, -0.2) is 13.3 Å². The molecule has 0 amide bonds. The van der Waals surface area contributed by atoms with Gasteiger partial charge >= 0.3 is 0 Å². The smallest absolute Gasteiger partial charge is 0.185 e. The molecule has 0 N–H and O–H groups in total. The molecule has 2 nitrogen and oxygen atoms in total. The molecule has 1 aromatic heterocycles. The van der Waals surface area contributed by atoms with Crippen molar-refractivity contribution < 1.29 is 4.43 Å². The van der Waals surface area contributed by atoms with Crippen molar-refractivity contribution in [1.82, 2.24) is 4.98 Å². The molecule has 3 rings (SSSR count). The molecule has 0 saturated carbocycles. The van der Waals surface area contributed by atoms with Crippen molar-refractivity contribution in [1.29, 1.82) is 0 Å². The number of aromatic nitrogens is 1. The largest absolute Gasteiger partial charge is 0.399 e. The Morgan fingerprint density at radius 3 is 1.72 bits per heavy atom. The Morgan fingerprint density at radius 1 is 0.760 bits per heavy atom. The van der Waals surface area contributed by atoms with E-state index in [4.69, 9.17) is 9.41 Å². The summed E-state index contributed by atoms with van der Waals surface area (Å²) < 4.78 is 7.70. The summed E-state index contributed by atoms with van der Waals surface area (Å²) in [5.74, 6) is 0. The summed E-state index contributed by atoms with van der Waals surface area (Å²) in [6.07, 6.45) is 0. The lowest BCUT2D eigenvalue weighted by Crippen LogP contribution is -2.43. The Kier molecular flexibility index (Phi) is 5.23. The van der Waals surface area contributed by atoms with Gasteiger partial charge in [0.05, 0.1) is 5.69 Å². The molecule has 0 aliphatic rings. The van der Waals surface area contributed by atoms with Crippen molar-refractivity contribution in [2.24, 2.45) is 0 Å².